The molecule has 0 aliphatic rings. The van der Waals surface area contributed by atoms with Gasteiger partial charge in [-0.3, -0.25) is 14.9 Å². The summed E-state index contributed by atoms with van der Waals surface area (Å²) in [5, 5.41) is 22.4. The van der Waals surface area contributed by atoms with E-state index in [0.717, 1.165) is 0 Å². The van der Waals surface area contributed by atoms with Gasteiger partial charge in [-0.1, -0.05) is 47.7 Å². The summed E-state index contributed by atoms with van der Waals surface area (Å²) in [5.41, 5.74) is 2.29. The highest BCUT2D eigenvalue weighted by atomic mass is 16.6. The standard InChI is InChI=1S/C20H15N5O3/c26-20(14-7-2-1-3-8-14)21-19(15-9-6-10-16(13-15)25(27)28)24-18-12-5-4-11-17(18)22-23-24/h1-13,19H,(H,21,26). The molecule has 138 valence electrons. The number of carbonyl (C=O) groups excluding carboxylic acids is 1. The molecule has 0 aliphatic heterocycles. The number of nitro groups is 1. The third-order valence-electron chi connectivity index (χ3n) is 4.32. The number of benzene rings is 3. The monoisotopic (exact) mass is 373 g/mol. The Morgan fingerprint density at radius 1 is 1.00 bits per heavy atom. The number of aromatic nitrogens is 3. The van der Waals surface area contributed by atoms with E-state index in [2.05, 4.69) is 15.6 Å². The number of fused-ring (bicyclic) bond motifs is 1. The van der Waals surface area contributed by atoms with Crippen molar-refractivity contribution in [2.45, 2.75) is 6.17 Å². The number of nitrogens with zero attached hydrogens (tertiary/aromatic N) is 4. The van der Waals surface area contributed by atoms with E-state index >= 15 is 0 Å². The Hall–Kier alpha value is -4.07. The van der Waals surface area contributed by atoms with Gasteiger partial charge in [0.15, 0.2) is 6.17 Å². The molecule has 3 aromatic carbocycles. The van der Waals surface area contributed by atoms with Crippen molar-refractivity contribution in [1.29, 1.82) is 0 Å². The molecule has 0 bridgehead atoms. The molecule has 1 unspecified atom stereocenters. The fraction of sp³-hybridized carbons (Fsp3) is 0.0500. The number of nitrogens with one attached hydrogen (secondary N) is 1. The fourth-order valence-corrected chi connectivity index (χ4v) is 2.97. The zero-order valence-electron chi connectivity index (χ0n) is 14.6. The molecule has 8 heteroatoms. The first-order valence-corrected chi connectivity index (χ1v) is 8.54. The molecule has 0 aliphatic carbocycles. The molecule has 0 fully saturated rings. The van der Waals surface area contributed by atoms with E-state index in [1.807, 2.05) is 30.3 Å². The van der Waals surface area contributed by atoms with Gasteiger partial charge in [-0.25, -0.2) is 4.68 Å². The molecule has 1 atom stereocenters. The normalized spacial score (nSPS) is 11.9. The highest BCUT2D eigenvalue weighted by Crippen LogP contribution is 2.24. The van der Waals surface area contributed by atoms with Crippen LogP contribution in [0.2, 0.25) is 0 Å². The van der Waals surface area contributed by atoms with Crippen LogP contribution in [0.4, 0.5) is 5.69 Å². The van der Waals surface area contributed by atoms with Crippen molar-refractivity contribution in [3.05, 3.63) is 100 Å². The van der Waals surface area contributed by atoms with Crippen LogP contribution < -0.4 is 5.32 Å². The summed E-state index contributed by atoms with van der Waals surface area (Å²) in [7, 11) is 0. The third kappa shape index (κ3) is 3.30. The Labute approximate surface area is 159 Å². The number of carbonyl (C=O) groups is 1. The van der Waals surface area contributed by atoms with Gasteiger partial charge in [-0.2, -0.15) is 0 Å². The number of non-ortho nitro benzene ring substituents is 1. The molecule has 4 aromatic rings. The van der Waals surface area contributed by atoms with E-state index in [9.17, 15) is 14.9 Å². The van der Waals surface area contributed by atoms with Crippen LogP contribution >= 0.6 is 0 Å². The zero-order chi connectivity index (χ0) is 19.5. The first-order valence-electron chi connectivity index (χ1n) is 8.54. The van der Waals surface area contributed by atoms with Gasteiger partial charge in [0.25, 0.3) is 11.6 Å². The third-order valence-corrected chi connectivity index (χ3v) is 4.32. The van der Waals surface area contributed by atoms with E-state index in [0.29, 0.717) is 22.2 Å². The van der Waals surface area contributed by atoms with Crippen LogP contribution in [0.3, 0.4) is 0 Å². The van der Waals surface area contributed by atoms with Gasteiger partial charge in [0, 0.05) is 23.3 Å². The summed E-state index contributed by atoms with van der Waals surface area (Å²) in [6, 6.07) is 22.2. The minimum absolute atomic E-state index is 0.0686. The highest BCUT2D eigenvalue weighted by Gasteiger charge is 2.22. The first-order chi connectivity index (χ1) is 13.6. The Morgan fingerprint density at radius 3 is 2.54 bits per heavy atom. The molecule has 0 saturated carbocycles. The Kier molecular flexibility index (Phi) is 4.51. The van der Waals surface area contributed by atoms with Crippen molar-refractivity contribution in [3.8, 4) is 0 Å². The largest absolute Gasteiger partial charge is 0.326 e. The molecule has 1 aromatic heterocycles. The summed E-state index contributed by atoms with van der Waals surface area (Å²) in [6.07, 6.45) is -0.764. The maximum Gasteiger partial charge on any atom is 0.269 e. The van der Waals surface area contributed by atoms with Crippen molar-refractivity contribution in [3.63, 3.8) is 0 Å². The molecule has 8 nitrogen and oxygen atoms in total. The summed E-state index contributed by atoms with van der Waals surface area (Å²) >= 11 is 0. The average Bonchev–Trinajstić information content (AvgIpc) is 3.16. The molecule has 1 amide bonds. The van der Waals surface area contributed by atoms with Crippen LogP contribution in [0.5, 0.6) is 0 Å². The lowest BCUT2D eigenvalue weighted by Gasteiger charge is -2.20. The van der Waals surface area contributed by atoms with Gasteiger partial charge < -0.3 is 5.32 Å². The predicted octanol–water partition coefficient (Wildman–Crippen LogP) is 3.32. The Bertz CT molecular complexity index is 1160. The lowest BCUT2D eigenvalue weighted by molar-refractivity contribution is -0.384. The lowest BCUT2D eigenvalue weighted by Crippen LogP contribution is -2.34. The summed E-state index contributed by atoms with van der Waals surface area (Å²) < 4.78 is 1.55. The summed E-state index contributed by atoms with van der Waals surface area (Å²) in [6.45, 7) is 0. The second kappa shape index (κ2) is 7.28. The first kappa shape index (κ1) is 17.3. The smallest absolute Gasteiger partial charge is 0.269 e. The van der Waals surface area contributed by atoms with Gasteiger partial charge in [0.1, 0.15) is 5.52 Å². The number of para-hydroxylation sites is 1. The van der Waals surface area contributed by atoms with Crippen LogP contribution in [-0.4, -0.2) is 25.8 Å². The topological polar surface area (TPSA) is 103 Å². The number of hydrogen-bond acceptors (Lipinski definition) is 5. The van der Waals surface area contributed by atoms with Crippen LogP contribution in [0, 0.1) is 10.1 Å². The lowest BCUT2D eigenvalue weighted by atomic mass is 10.1. The van der Waals surface area contributed by atoms with Crippen molar-refractivity contribution in [2.24, 2.45) is 0 Å². The maximum absolute atomic E-state index is 12.8. The second-order valence-electron chi connectivity index (χ2n) is 6.12. The molecule has 28 heavy (non-hydrogen) atoms. The van der Waals surface area contributed by atoms with Gasteiger partial charge in [-0.05, 0) is 24.3 Å². The van der Waals surface area contributed by atoms with E-state index < -0.39 is 11.1 Å². The maximum atomic E-state index is 12.8. The fourth-order valence-electron chi connectivity index (χ4n) is 2.97. The molecule has 0 saturated heterocycles. The molecule has 0 radical (unpaired) electrons. The SMILES string of the molecule is O=C(NC(c1cccc([N+](=O)[O-])c1)n1nnc2ccccc21)c1ccccc1. The molecular weight excluding hydrogens is 358 g/mol. The number of rotatable bonds is 5. The van der Waals surface area contributed by atoms with Crippen LogP contribution in [-0.2, 0) is 0 Å². The minimum Gasteiger partial charge on any atom is -0.326 e. The van der Waals surface area contributed by atoms with Crippen molar-refractivity contribution < 1.29 is 9.72 Å². The molecule has 0 spiro atoms. The van der Waals surface area contributed by atoms with Crippen molar-refractivity contribution >= 4 is 22.6 Å². The highest BCUT2D eigenvalue weighted by molar-refractivity contribution is 5.94. The van der Waals surface area contributed by atoms with Crippen LogP contribution in [0.1, 0.15) is 22.1 Å². The summed E-state index contributed by atoms with van der Waals surface area (Å²) in [5.74, 6) is -0.323. The van der Waals surface area contributed by atoms with E-state index in [1.54, 1.807) is 41.1 Å². The average molecular weight is 373 g/mol. The number of nitro benzene ring substituents is 1. The van der Waals surface area contributed by atoms with Crippen molar-refractivity contribution in [1.82, 2.24) is 20.3 Å². The van der Waals surface area contributed by atoms with E-state index in [4.69, 9.17) is 0 Å². The van der Waals surface area contributed by atoms with Gasteiger partial charge in [-0.15, -0.1) is 5.10 Å². The van der Waals surface area contributed by atoms with E-state index in [-0.39, 0.29) is 11.6 Å². The Balaban J connectivity index is 1.80. The van der Waals surface area contributed by atoms with Gasteiger partial charge in [0.05, 0.1) is 10.4 Å². The van der Waals surface area contributed by atoms with Crippen molar-refractivity contribution in [2.75, 3.05) is 0 Å². The second-order valence-corrected chi connectivity index (χ2v) is 6.12. The van der Waals surface area contributed by atoms with Gasteiger partial charge >= 0.3 is 0 Å². The zero-order valence-corrected chi connectivity index (χ0v) is 14.6. The minimum atomic E-state index is -0.764. The summed E-state index contributed by atoms with van der Waals surface area (Å²) in [4.78, 5) is 23.5. The predicted molar refractivity (Wildman–Crippen MR) is 103 cm³/mol. The number of amides is 1. The number of hydrogen-bond donors (Lipinski definition) is 1. The molecule has 1 N–H and O–H groups in total. The quantitative estimate of drug-likeness (QED) is 0.427. The van der Waals surface area contributed by atoms with E-state index in [1.165, 1.54) is 12.1 Å². The van der Waals surface area contributed by atoms with Crippen LogP contribution in [0.25, 0.3) is 11.0 Å². The molecule has 1 heterocycles. The molecule has 4 rings (SSSR count). The van der Waals surface area contributed by atoms with Crippen LogP contribution in [0.15, 0.2) is 78.9 Å². The Morgan fingerprint density at radius 2 is 1.75 bits per heavy atom. The molecular formula is C20H15N5O3. The van der Waals surface area contributed by atoms with Gasteiger partial charge in [0.2, 0.25) is 0 Å².